The number of methoxy groups -OCH3 is 1. The monoisotopic (exact) mass is 199 g/mol. The molecule has 2 heteroatoms. The Kier molecular flexibility index (Phi) is 6.85. The van der Waals surface area contributed by atoms with Crippen LogP contribution in [0.1, 0.15) is 40.0 Å². The molecule has 0 aliphatic rings. The van der Waals surface area contributed by atoms with Gasteiger partial charge in [0, 0.05) is 13.2 Å². The van der Waals surface area contributed by atoms with Gasteiger partial charge in [0.25, 0.3) is 0 Å². The molecule has 0 heterocycles. The van der Waals surface area contributed by atoms with Crippen LogP contribution in [0.25, 0.3) is 0 Å². The summed E-state index contributed by atoms with van der Waals surface area (Å²) in [5, 5.41) is 3.48. The van der Waals surface area contributed by atoms with Crippen LogP contribution in [-0.4, -0.2) is 25.3 Å². The maximum absolute atomic E-state index is 5.69. The van der Waals surface area contributed by atoms with E-state index in [1.165, 1.54) is 0 Å². The second-order valence-electron chi connectivity index (χ2n) is 3.61. The van der Waals surface area contributed by atoms with Crippen molar-refractivity contribution in [1.82, 2.24) is 5.32 Å². The van der Waals surface area contributed by atoms with E-state index < -0.39 is 0 Å². The van der Waals surface area contributed by atoms with Gasteiger partial charge in [-0.1, -0.05) is 26.8 Å². The molecule has 0 aliphatic carbocycles. The van der Waals surface area contributed by atoms with Crippen LogP contribution >= 0.6 is 0 Å². The average Bonchev–Trinajstić information content (AvgIpc) is 2.22. The first-order valence-electron chi connectivity index (χ1n) is 5.60. The molecule has 14 heavy (non-hydrogen) atoms. The average molecular weight is 199 g/mol. The third-order valence-corrected chi connectivity index (χ3v) is 3.09. The smallest absolute Gasteiger partial charge is 0.0828 e. The number of likely N-dealkylation sites (N-methyl/N-ethyl adjacent to an activating group) is 1. The Morgan fingerprint density at radius 3 is 2.21 bits per heavy atom. The molecule has 1 N–H and O–H groups in total. The third kappa shape index (κ3) is 3.10. The zero-order valence-electron chi connectivity index (χ0n) is 10.1. The molecule has 84 valence electrons. The Morgan fingerprint density at radius 2 is 1.93 bits per heavy atom. The van der Waals surface area contributed by atoms with Gasteiger partial charge >= 0.3 is 0 Å². The van der Waals surface area contributed by atoms with E-state index in [1.807, 2.05) is 6.08 Å². The van der Waals surface area contributed by atoms with Crippen molar-refractivity contribution < 1.29 is 4.74 Å². The van der Waals surface area contributed by atoms with Crippen LogP contribution in [0.15, 0.2) is 12.7 Å². The molecule has 0 rings (SSSR count). The number of hydrogen-bond donors (Lipinski definition) is 1. The van der Waals surface area contributed by atoms with Gasteiger partial charge in [0.1, 0.15) is 0 Å². The van der Waals surface area contributed by atoms with Gasteiger partial charge in [-0.15, -0.1) is 6.58 Å². The van der Waals surface area contributed by atoms with Gasteiger partial charge in [-0.05, 0) is 25.8 Å². The second kappa shape index (κ2) is 7.02. The van der Waals surface area contributed by atoms with E-state index in [-0.39, 0.29) is 5.60 Å². The number of ether oxygens (including phenoxy) is 1. The topological polar surface area (TPSA) is 21.3 Å². The Balaban J connectivity index is 4.59. The standard InChI is InChI=1S/C12H25NO/c1-6-10-11(13-9-4)12(7-2,8-3)14-5/h6,11,13H,1,7-10H2,2-5H3. The van der Waals surface area contributed by atoms with Crippen LogP contribution < -0.4 is 5.32 Å². The van der Waals surface area contributed by atoms with Crippen LogP contribution in [0.5, 0.6) is 0 Å². The van der Waals surface area contributed by atoms with Gasteiger partial charge in [-0.25, -0.2) is 0 Å². The van der Waals surface area contributed by atoms with Gasteiger partial charge in [0.2, 0.25) is 0 Å². The van der Waals surface area contributed by atoms with E-state index in [4.69, 9.17) is 4.74 Å². The summed E-state index contributed by atoms with van der Waals surface area (Å²) in [4.78, 5) is 0. The summed E-state index contributed by atoms with van der Waals surface area (Å²) in [6, 6.07) is 0.380. The van der Waals surface area contributed by atoms with Gasteiger partial charge in [0.05, 0.1) is 5.60 Å². The van der Waals surface area contributed by atoms with Gasteiger partial charge in [-0.3, -0.25) is 0 Å². The first kappa shape index (κ1) is 13.7. The SMILES string of the molecule is C=CCC(NCC)C(CC)(CC)OC. The van der Waals surface area contributed by atoms with E-state index in [2.05, 4.69) is 32.7 Å². The molecule has 0 saturated carbocycles. The van der Waals surface area contributed by atoms with E-state index in [1.54, 1.807) is 7.11 Å². The normalized spacial score (nSPS) is 14.0. The van der Waals surface area contributed by atoms with E-state index >= 15 is 0 Å². The molecule has 0 aromatic rings. The molecule has 0 aliphatic heterocycles. The summed E-state index contributed by atoms with van der Waals surface area (Å²) in [6.45, 7) is 11.3. The molecule has 0 aromatic heterocycles. The largest absolute Gasteiger partial charge is 0.377 e. The van der Waals surface area contributed by atoms with Crippen LogP contribution in [0.4, 0.5) is 0 Å². The zero-order valence-corrected chi connectivity index (χ0v) is 10.1. The summed E-state index contributed by atoms with van der Waals surface area (Å²) >= 11 is 0. The van der Waals surface area contributed by atoms with Crippen molar-refractivity contribution in [2.75, 3.05) is 13.7 Å². The lowest BCUT2D eigenvalue weighted by Gasteiger charge is -2.38. The predicted molar refractivity (Wildman–Crippen MR) is 62.6 cm³/mol. The van der Waals surface area contributed by atoms with Crippen LogP contribution in [0, 0.1) is 0 Å². The lowest BCUT2D eigenvalue weighted by molar-refractivity contribution is -0.0461. The fraction of sp³-hybridized carbons (Fsp3) is 0.833. The minimum atomic E-state index is -0.0375. The number of rotatable bonds is 8. The predicted octanol–water partition coefficient (Wildman–Crippen LogP) is 2.75. The van der Waals surface area contributed by atoms with Crippen molar-refractivity contribution in [3.8, 4) is 0 Å². The fourth-order valence-corrected chi connectivity index (χ4v) is 2.07. The van der Waals surface area contributed by atoms with E-state index in [0.29, 0.717) is 6.04 Å². The highest BCUT2D eigenvalue weighted by Gasteiger charge is 2.34. The molecule has 0 saturated heterocycles. The summed E-state index contributed by atoms with van der Waals surface area (Å²) in [6.07, 6.45) is 4.99. The van der Waals surface area contributed by atoms with Crippen molar-refractivity contribution in [2.24, 2.45) is 0 Å². The quantitative estimate of drug-likeness (QED) is 0.607. The van der Waals surface area contributed by atoms with Crippen molar-refractivity contribution in [3.05, 3.63) is 12.7 Å². The summed E-state index contributed by atoms with van der Waals surface area (Å²) in [7, 11) is 1.81. The highest BCUT2D eigenvalue weighted by Crippen LogP contribution is 2.26. The minimum Gasteiger partial charge on any atom is -0.377 e. The van der Waals surface area contributed by atoms with Gasteiger partial charge in [-0.2, -0.15) is 0 Å². The second-order valence-corrected chi connectivity index (χ2v) is 3.61. The van der Waals surface area contributed by atoms with Gasteiger partial charge in [0.15, 0.2) is 0 Å². The molecule has 0 amide bonds. The Hall–Kier alpha value is -0.340. The summed E-state index contributed by atoms with van der Waals surface area (Å²) in [5.74, 6) is 0. The minimum absolute atomic E-state index is 0.0375. The molecule has 0 spiro atoms. The molecule has 2 nitrogen and oxygen atoms in total. The Labute approximate surface area is 88.7 Å². The molecule has 0 bridgehead atoms. The molecule has 1 atom stereocenters. The molecule has 1 unspecified atom stereocenters. The van der Waals surface area contributed by atoms with E-state index in [9.17, 15) is 0 Å². The van der Waals surface area contributed by atoms with Crippen LogP contribution in [0.3, 0.4) is 0 Å². The fourth-order valence-electron chi connectivity index (χ4n) is 2.07. The van der Waals surface area contributed by atoms with Crippen LogP contribution in [0.2, 0.25) is 0 Å². The van der Waals surface area contributed by atoms with Crippen molar-refractivity contribution in [2.45, 2.75) is 51.7 Å². The number of nitrogens with one attached hydrogen (secondary N) is 1. The molecule has 0 aromatic carbocycles. The zero-order chi connectivity index (χ0) is 11.0. The highest BCUT2D eigenvalue weighted by atomic mass is 16.5. The summed E-state index contributed by atoms with van der Waals surface area (Å²) in [5.41, 5.74) is -0.0375. The number of hydrogen-bond acceptors (Lipinski definition) is 2. The third-order valence-electron chi connectivity index (χ3n) is 3.09. The Morgan fingerprint density at radius 1 is 1.36 bits per heavy atom. The first-order chi connectivity index (χ1) is 6.70. The van der Waals surface area contributed by atoms with Crippen molar-refractivity contribution >= 4 is 0 Å². The lowest BCUT2D eigenvalue weighted by Crippen LogP contribution is -2.51. The lowest BCUT2D eigenvalue weighted by atomic mass is 9.86. The Bertz CT molecular complexity index is 144. The highest BCUT2D eigenvalue weighted by molar-refractivity contribution is 4.94. The molecular weight excluding hydrogens is 174 g/mol. The van der Waals surface area contributed by atoms with Crippen LogP contribution in [-0.2, 0) is 4.74 Å². The molecule has 0 radical (unpaired) electrons. The maximum Gasteiger partial charge on any atom is 0.0828 e. The van der Waals surface area contributed by atoms with Crippen molar-refractivity contribution in [1.29, 1.82) is 0 Å². The summed E-state index contributed by atoms with van der Waals surface area (Å²) < 4.78 is 5.69. The van der Waals surface area contributed by atoms with Crippen molar-refractivity contribution in [3.63, 3.8) is 0 Å². The van der Waals surface area contributed by atoms with E-state index in [0.717, 1.165) is 25.8 Å². The molecule has 0 fully saturated rings. The van der Waals surface area contributed by atoms with Gasteiger partial charge < -0.3 is 10.1 Å². The maximum atomic E-state index is 5.69. The first-order valence-corrected chi connectivity index (χ1v) is 5.60. The molecular formula is C12H25NO.